The molecule has 3 rings (SSSR count). The van der Waals surface area contributed by atoms with Crippen molar-refractivity contribution in [2.45, 2.75) is 13.0 Å². The van der Waals surface area contributed by atoms with Crippen LogP contribution in [0.15, 0.2) is 54.7 Å². The summed E-state index contributed by atoms with van der Waals surface area (Å²) in [6, 6.07) is 14.7. The summed E-state index contributed by atoms with van der Waals surface area (Å²) >= 11 is 0. The summed E-state index contributed by atoms with van der Waals surface area (Å²) in [5.74, 6) is -0.214. The monoisotopic (exact) mass is 279 g/mol. The molecule has 1 aromatic heterocycles. The lowest BCUT2D eigenvalue weighted by Crippen LogP contribution is -2.27. The highest BCUT2D eigenvalue weighted by Crippen LogP contribution is 2.19. The van der Waals surface area contributed by atoms with Crippen molar-refractivity contribution in [2.75, 3.05) is 5.32 Å². The van der Waals surface area contributed by atoms with E-state index in [-0.39, 0.29) is 5.91 Å². The normalized spacial score (nSPS) is 12.3. The van der Waals surface area contributed by atoms with Gasteiger partial charge in [-0.05, 0) is 36.8 Å². The minimum absolute atomic E-state index is 0.214. The molecule has 4 heteroatoms. The third-order valence-corrected chi connectivity index (χ3v) is 3.54. The molecule has 0 aliphatic heterocycles. The molecule has 0 aliphatic rings. The maximum Gasteiger partial charge on any atom is 0.245 e. The first-order valence-electron chi connectivity index (χ1n) is 6.83. The van der Waals surface area contributed by atoms with Gasteiger partial charge >= 0.3 is 0 Å². The van der Waals surface area contributed by atoms with E-state index in [4.69, 9.17) is 5.73 Å². The van der Waals surface area contributed by atoms with Crippen LogP contribution in [0, 0.1) is 6.92 Å². The van der Waals surface area contributed by atoms with Gasteiger partial charge in [-0.3, -0.25) is 4.79 Å². The van der Waals surface area contributed by atoms with Crippen molar-refractivity contribution in [3.63, 3.8) is 0 Å². The molecular weight excluding hydrogens is 262 g/mol. The number of aromatic amines is 1. The molecule has 1 heterocycles. The number of carbonyl (C=O) groups excluding carboxylic acids is 1. The SMILES string of the molecule is Cc1ccc(C(N)C(=O)Nc2ccc3[nH]ccc3c2)cc1. The quantitative estimate of drug-likeness (QED) is 0.689. The first-order valence-corrected chi connectivity index (χ1v) is 6.83. The minimum atomic E-state index is -0.674. The Kier molecular flexibility index (Phi) is 3.46. The molecule has 1 amide bonds. The third kappa shape index (κ3) is 2.80. The summed E-state index contributed by atoms with van der Waals surface area (Å²) < 4.78 is 0. The lowest BCUT2D eigenvalue weighted by Gasteiger charge is -2.13. The molecule has 21 heavy (non-hydrogen) atoms. The number of anilines is 1. The fraction of sp³-hybridized carbons (Fsp3) is 0.118. The molecule has 0 radical (unpaired) electrons. The van der Waals surface area contributed by atoms with Crippen LogP contribution in [0.5, 0.6) is 0 Å². The van der Waals surface area contributed by atoms with Gasteiger partial charge in [-0.15, -0.1) is 0 Å². The van der Waals surface area contributed by atoms with Gasteiger partial charge in [0.25, 0.3) is 0 Å². The summed E-state index contributed by atoms with van der Waals surface area (Å²) in [5.41, 5.74) is 9.74. The largest absolute Gasteiger partial charge is 0.361 e. The zero-order valence-electron chi connectivity index (χ0n) is 11.8. The van der Waals surface area contributed by atoms with Gasteiger partial charge in [0.1, 0.15) is 6.04 Å². The Labute approximate surface area is 123 Å². The minimum Gasteiger partial charge on any atom is -0.361 e. The third-order valence-electron chi connectivity index (χ3n) is 3.54. The number of aromatic nitrogens is 1. The zero-order chi connectivity index (χ0) is 14.8. The zero-order valence-corrected chi connectivity index (χ0v) is 11.8. The number of H-pyrrole nitrogens is 1. The second-order valence-electron chi connectivity index (χ2n) is 5.16. The van der Waals surface area contributed by atoms with E-state index < -0.39 is 6.04 Å². The number of hydrogen-bond acceptors (Lipinski definition) is 2. The maximum atomic E-state index is 12.2. The maximum absolute atomic E-state index is 12.2. The van der Waals surface area contributed by atoms with Crippen LogP contribution in [0.2, 0.25) is 0 Å². The molecule has 106 valence electrons. The molecule has 2 aromatic carbocycles. The number of hydrogen-bond donors (Lipinski definition) is 3. The Hall–Kier alpha value is -2.59. The average molecular weight is 279 g/mol. The fourth-order valence-corrected chi connectivity index (χ4v) is 2.28. The van der Waals surface area contributed by atoms with Gasteiger partial charge in [-0.1, -0.05) is 29.8 Å². The van der Waals surface area contributed by atoms with Crippen molar-refractivity contribution in [1.82, 2.24) is 4.98 Å². The Morgan fingerprint density at radius 2 is 1.90 bits per heavy atom. The molecule has 0 spiro atoms. The Balaban J connectivity index is 1.77. The molecule has 4 N–H and O–H groups in total. The van der Waals surface area contributed by atoms with E-state index in [1.165, 1.54) is 0 Å². The number of aryl methyl sites for hydroxylation is 1. The van der Waals surface area contributed by atoms with Crippen LogP contribution in [-0.4, -0.2) is 10.9 Å². The van der Waals surface area contributed by atoms with Crippen molar-refractivity contribution < 1.29 is 4.79 Å². The highest BCUT2D eigenvalue weighted by molar-refractivity contribution is 5.97. The summed E-state index contributed by atoms with van der Waals surface area (Å²) in [6.07, 6.45) is 1.87. The first-order chi connectivity index (χ1) is 10.1. The Morgan fingerprint density at radius 3 is 2.67 bits per heavy atom. The van der Waals surface area contributed by atoms with Crippen molar-refractivity contribution in [3.05, 3.63) is 65.9 Å². The van der Waals surface area contributed by atoms with Crippen LogP contribution in [0.1, 0.15) is 17.2 Å². The van der Waals surface area contributed by atoms with Gasteiger partial charge in [-0.2, -0.15) is 0 Å². The van der Waals surface area contributed by atoms with Crippen LogP contribution < -0.4 is 11.1 Å². The van der Waals surface area contributed by atoms with E-state index in [9.17, 15) is 4.79 Å². The van der Waals surface area contributed by atoms with Crippen LogP contribution in [-0.2, 0) is 4.79 Å². The molecule has 0 saturated carbocycles. The molecule has 0 fully saturated rings. The fourth-order valence-electron chi connectivity index (χ4n) is 2.28. The lowest BCUT2D eigenvalue weighted by molar-refractivity contribution is -0.117. The first kappa shape index (κ1) is 13.4. The van der Waals surface area contributed by atoms with E-state index in [0.29, 0.717) is 0 Å². The predicted molar refractivity (Wildman–Crippen MR) is 85.0 cm³/mol. The smallest absolute Gasteiger partial charge is 0.245 e. The number of amides is 1. The Bertz CT molecular complexity index is 774. The van der Waals surface area contributed by atoms with Crippen molar-refractivity contribution >= 4 is 22.5 Å². The van der Waals surface area contributed by atoms with E-state index >= 15 is 0 Å². The van der Waals surface area contributed by atoms with Gasteiger partial charge in [-0.25, -0.2) is 0 Å². The van der Waals surface area contributed by atoms with E-state index in [1.807, 2.05) is 61.7 Å². The molecule has 1 atom stereocenters. The number of carbonyl (C=O) groups is 1. The van der Waals surface area contributed by atoms with Crippen LogP contribution in [0.4, 0.5) is 5.69 Å². The lowest BCUT2D eigenvalue weighted by atomic mass is 10.1. The van der Waals surface area contributed by atoms with Crippen molar-refractivity contribution in [2.24, 2.45) is 5.73 Å². The average Bonchev–Trinajstić information content (AvgIpc) is 2.95. The molecule has 0 bridgehead atoms. The summed E-state index contributed by atoms with van der Waals surface area (Å²) in [5, 5.41) is 3.91. The number of fused-ring (bicyclic) bond motifs is 1. The van der Waals surface area contributed by atoms with E-state index in [0.717, 1.165) is 27.7 Å². The van der Waals surface area contributed by atoms with Crippen molar-refractivity contribution in [3.8, 4) is 0 Å². The van der Waals surface area contributed by atoms with Gasteiger partial charge in [0.05, 0.1) is 0 Å². The number of rotatable bonds is 3. The molecule has 1 unspecified atom stereocenters. The topological polar surface area (TPSA) is 70.9 Å². The Morgan fingerprint density at radius 1 is 1.14 bits per heavy atom. The molecule has 3 aromatic rings. The van der Waals surface area contributed by atoms with Gasteiger partial charge in [0.15, 0.2) is 0 Å². The molecule has 0 aliphatic carbocycles. The highest BCUT2D eigenvalue weighted by atomic mass is 16.2. The predicted octanol–water partition coefficient (Wildman–Crippen LogP) is 3.11. The van der Waals surface area contributed by atoms with E-state index in [2.05, 4.69) is 10.3 Å². The van der Waals surface area contributed by atoms with Crippen LogP contribution >= 0.6 is 0 Å². The number of benzene rings is 2. The summed E-state index contributed by atoms with van der Waals surface area (Å²) in [4.78, 5) is 15.3. The second kappa shape index (κ2) is 5.42. The summed E-state index contributed by atoms with van der Waals surface area (Å²) in [6.45, 7) is 2.00. The second-order valence-corrected chi connectivity index (χ2v) is 5.16. The van der Waals surface area contributed by atoms with Gasteiger partial charge in [0.2, 0.25) is 5.91 Å². The number of nitrogens with one attached hydrogen (secondary N) is 2. The number of nitrogens with two attached hydrogens (primary N) is 1. The van der Waals surface area contributed by atoms with Crippen LogP contribution in [0.25, 0.3) is 10.9 Å². The standard InChI is InChI=1S/C17H17N3O/c1-11-2-4-12(5-3-11)16(18)17(21)20-14-6-7-15-13(10-14)8-9-19-15/h2-10,16,19H,18H2,1H3,(H,20,21). The van der Waals surface area contributed by atoms with Gasteiger partial charge in [0, 0.05) is 22.8 Å². The highest BCUT2D eigenvalue weighted by Gasteiger charge is 2.15. The van der Waals surface area contributed by atoms with E-state index in [1.54, 1.807) is 0 Å². The molecule has 4 nitrogen and oxygen atoms in total. The summed E-state index contributed by atoms with van der Waals surface area (Å²) in [7, 11) is 0. The van der Waals surface area contributed by atoms with Gasteiger partial charge < -0.3 is 16.0 Å². The van der Waals surface area contributed by atoms with Crippen molar-refractivity contribution in [1.29, 1.82) is 0 Å². The van der Waals surface area contributed by atoms with Crippen LogP contribution in [0.3, 0.4) is 0 Å². The molecular formula is C17H17N3O. The molecule has 0 saturated heterocycles.